The third-order valence-corrected chi connectivity index (χ3v) is 2.83. The van der Waals surface area contributed by atoms with E-state index in [4.69, 9.17) is 10.5 Å². The standard InChI is InChI=1S/C13H20N4O/c1-5-18-13(3,4)8-17-11-10(16-12(17)14)6-9(2)7-15-11/h6-7H,5,8H2,1-4H3,(H2,14,16). The van der Waals surface area contributed by atoms with E-state index in [1.54, 1.807) is 0 Å². The highest BCUT2D eigenvalue weighted by Crippen LogP contribution is 2.21. The monoisotopic (exact) mass is 248 g/mol. The molecular weight excluding hydrogens is 228 g/mol. The van der Waals surface area contributed by atoms with Crippen LogP contribution < -0.4 is 5.73 Å². The van der Waals surface area contributed by atoms with Crippen molar-refractivity contribution >= 4 is 17.1 Å². The Labute approximate surface area is 107 Å². The van der Waals surface area contributed by atoms with Gasteiger partial charge in [0.2, 0.25) is 5.95 Å². The number of imidazole rings is 1. The van der Waals surface area contributed by atoms with Crippen LogP contribution in [0.2, 0.25) is 0 Å². The smallest absolute Gasteiger partial charge is 0.202 e. The molecule has 0 saturated carbocycles. The van der Waals surface area contributed by atoms with Crippen LogP contribution in [0, 0.1) is 6.92 Å². The van der Waals surface area contributed by atoms with Crippen LogP contribution >= 0.6 is 0 Å². The molecule has 0 aliphatic heterocycles. The summed E-state index contributed by atoms with van der Waals surface area (Å²) in [4.78, 5) is 8.75. The number of aromatic nitrogens is 3. The third kappa shape index (κ3) is 2.46. The van der Waals surface area contributed by atoms with Gasteiger partial charge in [0.1, 0.15) is 5.52 Å². The molecule has 0 spiro atoms. The van der Waals surface area contributed by atoms with Gasteiger partial charge in [-0.05, 0) is 39.3 Å². The summed E-state index contributed by atoms with van der Waals surface area (Å²) in [6.45, 7) is 9.36. The second-order valence-corrected chi connectivity index (χ2v) is 5.10. The van der Waals surface area contributed by atoms with E-state index in [9.17, 15) is 0 Å². The molecule has 0 aliphatic rings. The second kappa shape index (κ2) is 4.57. The van der Waals surface area contributed by atoms with Crippen molar-refractivity contribution in [1.29, 1.82) is 0 Å². The molecule has 2 rings (SSSR count). The average Bonchev–Trinajstić information content (AvgIpc) is 2.54. The first-order valence-corrected chi connectivity index (χ1v) is 6.15. The quantitative estimate of drug-likeness (QED) is 0.900. The SMILES string of the molecule is CCOC(C)(C)Cn1c(N)nc2cc(C)cnc21. The molecule has 2 heterocycles. The minimum absolute atomic E-state index is 0.289. The molecule has 0 saturated heterocycles. The molecule has 0 amide bonds. The molecule has 5 nitrogen and oxygen atoms in total. The lowest BCUT2D eigenvalue weighted by Gasteiger charge is -2.25. The Morgan fingerprint density at radius 2 is 2.17 bits per heavy atom. The van der Waals surface area contributed by atoms with Gasteiger partial charge in [0.15, 0.2) is 5.65 Å². The molecule has 18 heavy (non-hydrogen) atoms. The largest absolute Gasteiger partial charge is 0.374 e. The molecule has 0 fully saturated rings. The van der Waals surface area contributed by atoms with E-state index in [0.29, 0.717) is 19.1 Å². The molecule has 2 N–H and O–H groups in total. The maximum Gasteiger partial charge on any atom is 0.202 e. The average molecular weight is 248 g/mol. The number of nitrogens with zero attached hydrogens (tertiary/aromatic N) is 3. The number of fused-ring (bicyclic) bond motifs is 1. The molecule has 0 unspecified atom stereocenters. The fraction of sp³-hybridized carbons (Fsp3) is 0.538. The Morgan fingerprint density at radius 3 is 2.83 bits per heavy atom. The highest BCUT2D eigenvalue weighted by molar-refractivity contribution is 5.74. The van der Waals surface area contributed by atoms with Crippen LogP contribution in [0.4, 0.5) is 5.95 Å². The lowest BCUT2D eigenvalue weighted by atomic mass is 10.1. The molecule has 0 atom stereocenters. The molecule has 0 radical (unpaired) electrons. The van der Waals surface area contributed by atoms with Crippen LogP contribution in [0.5, 0.6) is 0 Å². The number of hydrogen-bond acceptors (Lipinski definition) is 4. The second-order valence-electron chi connectivity index (χ2n) is 5.10. The highest BCUT2D eigenvalue weighted by atomic mass is 16.5. The number of pyridine rings is 1. The fourth-order valence-corrected chi connectivity index (χ4v) is 2.10. The third-order valence-electron chi connectivity index (χ3n) is 2.83. The maximum atomic E-state index is 5.96. The van der Waals surface area contributed by atoms with Crippen molar-refractivity contribution in [3.05, 3.63) is 17.8 Å². The molecular formula is C13H20N4O. The van der Waals surface area contributed by atoms with E-state index in [1.165, 1.54) is 0 Å². The number of rotatable bonds is 4. The van der Waals surface area contributed by atoms with Gasteiger partial charge < -0.3 is 10.5 Å². The Bertz CT molecular complexity index is 559. The van der Waals surface area contributed by atoms with Crippen molar-refractivity contribution in [3.63, 3.8) is 0 Å². The number of ether oxygens (including phenoxy) is 1. The van der Waals surface area contributed by atoms with Gasteiger partial charge in [0.25, 0.3) is 0 Å². The zero-order chi connectivity index (χ0) is 13.3. The van der Waals surface area contributed by atoms with Crippen molar-refractivity contribution in [1.82, 2.24) is 14.5 Å². The highest BCUT2D eigenvalue weighted by Gasteiger charge is 2.22. The van der Waals surface area contributed by atoms with Gasteiger partial charge in [-0.15, -0.1) is 0 Å². The van der Waals surface area contributed by atoms with E-state index in [0.717, 1.165) is 16.7 Å². The minimum Gasteiger partial charge on any atom is -0.374 e. The Balaban J connectivity index is 2.41. The van der Waals surface area contributed by atoms with E-state index in [2.05, 4.69) is 9.97 Å². The van der Waals surface area contributed by atoms with E-state index < -0.39 is 0 Å². The zero-order valence-electron chi connectivity index (χ0n) is 11.4. The summed E-state index contributed by atoms with van der Waals surface area (Å²) in [5.74, 6) is 0.482. The fourth-order valence-electron chi connectivity index (χ4n) is 2.10. The maximum absolute atomic E-state index is 5.96. The Hall–Kier alpha value is -1.62. The molecule has 0 aliphatic carbocycles. The van der Waals surface area contributed by atoms with Crippen molar-refractivity contribution < 1.29 is 4.74 Å². The lowest BCUT2D eigenvalue weighted by Crippen LogP contribution is -2.31. The lowest BCUT2D eigenvalue weighted by molar-refractivity contribution is -0.0213. The van der Waals surface area contributed by atoms with Crippen molar-refractivity contribution in [2.45, 2.75) is 39.8 Å². The van der Waals surface area contributed by atoms with Crippen molar-refractivity contribution in [2.24, 2.45) is 0 Å². The zero-order valence-corrected chi connectivity index (χ0v) is 11.4. The number of hydrogen-bond donors (Lipinski definition) is 1. The first-order valence-electron chi connectivity index (χ1n) is 6.15. The Kier molecular flexibility index (Phi) is 3.26. The van der Waals surface area contributed by atoms with Crippen molar-refractivity contribution in [3.8, 4) is 0 Å². The summed E-state index contributed by atoms with van der Waals surface area (Å²) in [6.07, 6.45) is 1.83. The number of aryl methyl sites for hydroxylation is 1. The van der Waals surface area contributed by atoms with Gasteiger partial charge in [-0.25, -0.2) is 9.97 Å². The minimum atomic E-state index is -0.289. The molecule has 98 valence electrons. The van der Waals surface area contributed by atoms with Gasteiger partial charge in [0, 0.05) is 12.8 Å². The van der Waals surface area contributed by atoms with E-state index in [1.807, 2.05) is 44.5 Å². The summed E-state index contributed by atoms with van der Waals surface area (Å²) in [7, 11) is 0. The summed E-state index contributed by atoms with van der Waals surface area (Å²) < 4.78 is 7.61. The number of nitrogens with two attached hydrogens (primary N) is 1. The summed E-state index contributed by atoms with van der Waals surface area (Å²) >= 11 is 0. The van der Waals surface area contributed by atoms with Crippen LogP contribution in [0.3, 0.4) is 0 Å². The molecule has 5 heteroatoms. The molecule has 2 aromatic rings. The van der Waals surface area contributed by atoms with Crippen LogP contribution in [0.15, 0.2) is 12.3 Å². The van der Waals surface area contributed by atoms with Crippen LogP contribution in [0.1, 0.15) is 26.3 Å². The van der Waals surface area contributed by atoms with E-state index in [-0.39, 0.29) is 5.60 Å². The van der Waals surface area contributed by atoms with Gasteiger partial charge >= 0.3 is 0 Å². The van der Waals surface area contributed by atoms with Crippen LogP contribution in [0.25, 0.3) is 11.2 Å². The summed E-state index contributed by atoms with van der Waals surface area (Å²) in [5.41, 5.74) is 8.40. The van der Waals surface area contributed by atoms with Gasteiger partial charge in [-0.1, -0.05) is 0 Å². The number of nitrogen functional groups attached to an aromatic ring is 1. The normalized spacial score (nSPS) is 12.2. The van der Waals surface area contributed by atoms with E-state index >= 15 is 0 Å². The first kappa shape index (κ1) is 12.8. The van der Waals surface area contributed by atoms with Crippen LogP contribution in [-0.2, 0) is 11.3 Å². The Morgan fingerprint density at radius 1 is 1.44 bits per heavy atom. The van der Waals surface area contributed by atoms with Crippen molar-refractivity contribution in [2.75, 3.05) is 12.3 Å². The predicted octanol–water partition coefficient (Wildman–Crippen LogP) is 2.14. The summed E-state index contributed by atoms with van der Waals surface area (Å²) in [6, 6.07) is 1.99. The number of anilines is 1. The van der Waals surface area contributed by atoms with Gasteiger partial charge in [-0.3, -0.25) is 4.57 Å². The molecule has 2 aromatic heterocycles. The van der Waals surface area contributed by atoms with Gasteiger partial charge in [-0.2, -0.15) is 0 Å². The molecule has 0 bridgehead atoms. The summed E-state index contributed by atoms with van der Waals surface area (Å²) in [5, 5.41) is 0. The predicted molar refractivity (Wildman–Crippen MR) is 72.4 cm³/mol. The van der Waals surface area contributed by atoms with Gasteiger partial charge in [0.05, 0.1) is 12.1 Å². The molecule has 0 aromatic carbocycles. The van der Waals surface area contributed by atoms with Crippen LogP contribution in [-0.4, -0.2) is 26.7 Å². The first-order chi connectivity index (χ1) is 8.43. The topological polar surface area (TPSA) is 66.0 Å².